The molecule has 3 saturated carbocycles. The van der Waals surface area contributed by atoms with Gasteiger partial charge in [0.25, 0.3) is 0 Å². The number of hydrogen-bond acceptors (Lipinski definition) is 6. The number of carbonyl (C=O) groups is 3. The fourth-order valence-electron chi connectivity index (χ4n) is 7.97. The van der Waals surface area contributed by atoms with Crippen molar-refractivity contribution < 1.29 is 29.3 Å². The van der Waals surface area contributed by atoms with Crippen molar-refractivity contribution in [1.82, 2.24) is 0 Å². The number of aliphatic hydroxyl groups excluding tert-OH is 2. The minimum Gasteiger partial charge on any atom is -0.450 e. The first-order valence-electron chi connectivity index (χ1n) is 12.4. The van der Waals surface area contributed by atoms with E-state index >= 15 is 0 Å². The predicted octanol–water partition coefficient (Wildman–Crippen LogP) is 3.52. The summed E-state index contributed by atoms with van der Waals surface area (Å²) in [6, 6.07) is 0. The normalized spacial score (nSPS) is 43.0. The number of Topliss-reactive ketones (excluding diaryl/α,β-unsaturated/α-hetero) is 2. The summed E-state index contributed by atoms with van der Waals surface area (Å²) >= 11 is 0. The van der Waals surface area contributed by atoms with Crippen molar-refractivity contribution in [1.29, 1.82) is 0 Å². The van der Waals surface area contributed by atoms with Gasteiger partial charge in [-0.25, -0.2) is 0 Å². The standard InChI is InChI=1S/C26H38O6/c1-4-5-6-22(31)32-26(21(30)15-27)12-10-19-18-8-7-16-13-17(28)9-11-24(16,2)23(18)20(29)14-25(19,26)3/h7,18-20,23,27,29H,4-6,8-15H2,1-3H3/t18-,19-,20-,23+,24-,25-,26?/m0/s1. The molecular weight excluding hydrogens is 408 g/mol. The van der Waals surface area contributed by atoms with Crippen LogP contribution in [0.25, 0.3) is 0 Å². The van der Waals surface area contributed by atoms with Crippen LogP contribution in [0.4, 0.5) is 0 Å². The molecule has 178 valence electrons. The van der Waals surface area contributed by atoms with Gasteiger partial charge in [-0.15, -0.1) is 0 Å². The van der Waals surface area contributed by atoms with E-state index in [9.17, 15) is 24.6 Å². The molecule has 32 heavy (non-hydrogen) atoms. The molecule has 7 atom stereocenters. The van der Waals surface area contributed by atoms with Gasteiger partial charge < -0.3 is 14.9 Å². The van der Waals surface area contributed by atoms with Gasteiger partial charge in [-0.2, -0.15) is 0 Å². The van der Waals surface area contributed by atoms with Crippen molar-refractivity contribution in [2.24, 2.45) is 28.6 Å². The lowest BCUT2D eigenvalue weighted by Gasteiger charge is -2.60. The van der Waals surface area contributed by atoms with Crippen molar-refractivity contribution in [2.75, 3.05) is 6.61 Å². The van der Waals surface area contributed by atoms with Gasteiger partial charge >= 0.3 is 5.97 Å². The lowest BCUT2D eigenvalue weighted by atomic mass is 9.46. The molecule has 2 N–H and O–H groups in total. The molecule has 4 aliphatic rings. The van der Waals surface area contributed by atoms with Crippen LogP contribution in [-0.4, -0.2) is 46.1 Å². The Hall–Kier alpha value is -1.53. The Labute approximate surface area is 190 Å². The number of ketones is 2. The number of unbranched alkanes of at least 4 members (excludes halogenated alkanes) is 1. The zero-order valence-corrected chi connectivity index (χ0v) is 19.7. The van der Waals surface area contributed by atoms with E-state index in [1.807, 2.05) is 13.8 Å². The molecule has 4 aliphatic carbocycles. The van der Waals surface area contributed by atoms with E-state index in [2.05, 4.69) is 13.0 Å². The Morgan fingerprint density at radius 1 is 1.25 bits per heavy atom. The highest BCUT2D eigenvalue weighted by molar-refractivity contribution is 5.92. The van der Waals surface area contributed by atoms with Crippen LogP contribution in [0.1, 0.15) is 85.0 Å². The Bertz CT molecular complexity index is 832. The molecule has 0 aliphatic heterocycles. The fraction of sp³-hybridized carbons (Fsp3) is 0.808. The number of aliphatic hydroxyl groups is 2. The summed E-state index contributed by atoms with van der Waals surface area (Å²) in [6.45, 7) is 5.50. The summed E-state index contributed by atoms with van der Waals surface area (Å²) in [5, 5.41) is 21.4. The van der Waals surface area contributed by atoms with Crippen molar-refractivity contribution >= 4 is 17.5 Å². The van der Waals surface area contributed by atoms with Crippen LogP contribution >= 0.6 is 0 Å². The maximum Gasteiger partial charge on any atom is 0.306 e. The monoisotopic (exact) mass is 446 g/mol. The summed E-state index contributed by atoms with van der Waals surface area (Å²) in [5.74, 6) is -0.263. The first-order valence-corrected chi connectivity index (χ1v) is 12.4. The first-order chi connectivity index (χ1) is 15.1. The van der Waals surface area contributed by atoms with Gasteiger partial charge in [0.1, 0.15) is 12.4 Å². The van der Waals surface area contributed by atoms with Gasteiger partial charge in [-0.1, -0.05) is 38.8 Å². The van der Waals surface area contributed by atoms with E-state index in [0.717, 1.165) is 25.7 Å². The van der Waals surface area contributed by atoms with Crippen LogP contribution in [0, 0.1) is 28.6 Å². The third-order valence-corrected chi connectivity index (χ3v) is 9.61. The van der Waals surface area contributed by atoms with Gasteiger partial charge in [0.05, 0.1) is 6.10 Å². The molecule has 6 heteroatoms. The molecule has 0 radical (unpaired) electrons. The second-order valence-electron chi connectivity index (χ2n) is 11.1. The molecule has 0 aromatic carbocycles. The lowest BCUT2D eigenvalue weighted by Crippen LogP contribution is -2.63. The molecule has 6 nitrogen and oxygen atoms in total. The molecule has 1 unspecified atom stereocenters. The maximum atomic E-state index is 13.1. The number of carbonyl (C=O) groups excluding carboxylic acids is 3. The summed E-state index contributed by atoms with van der Waals surface area (Å²) in [5.41, 5.74) is -1.14. The van der Waals surface area contributed by atoms with Gasteiger partial charge in [0, 0.05) is 24.7 Å². The van der Waals surface area contributed by atoms with Crippen LogP contribution in [0.2, 0.25) is 0 Å². The average molecular weight is 447 g/mol. The summed E-state index contributed by atoms with van der Waals surface area (Å²) in [7, 11) is 0. The largest absolute Gasteiger partial charge is 0.450 e. The fourth-order valence-corrected chi connectivity index (χ4v) is 7.97. The van der Waals surface area contributed by atoms with Crippen LogP contribution in [0.3, 0.4) is 0 Å². The Morgan fingerprint density at radius 3 is 2.69 bits per heavy atom. The second kappa shape index (κ2) is 8.35. The summed E-state index contributed by atoms with van der Waals surface area (Å²) in [6.07, 6.45) is 7.41. The summed E-state index contributed by atoms with van der Waals surface area (Å²) < 4.78 is 5.98. The van der Waals surface area contributed by atoms with Crippen molar-refractivity contribution in [3.63, 3.8) is 0 Å². The van der Waals surface area contributed by atoms with Crippen molar-refractivity contribution in [3.8, 4) is 0 Å². The van der Waals surface area contributed by atoms with Crippen LogP contribution < -0.4 is 0 Å². The molecule has 3 fully saturated rings. The Kier molecular flexibility index (Phi) is 6.17. The average Bonchev–Trinajstić information content (AvgIpc) is 3.04. The third-order valence-electron chi connectivity index (χ3n) is 9.61. The first kappa shape index (κ1) is 23.6. The number of esters is 1. The zero-order chi connectivity index (χ0) is 23.3. The van der Waals surface area contributed by atoms with E-state index < -0.39 is 35.5 Å². The number of hydrogen-bond donors (Lipinski definition) is 2. The molecule has 0 saturated heterocycles. The van der Waals surface area contributed by atoms with E-state index in [0.29, 0.717) is 32.1 Å². The van der Waals surface area contributed by atoms with E-state index in [1.54, 1.807) is 0 Å². The number of rotatable bonds is 6. The molecule has 0 spiro atoms. The highest BCUT2D eigenvalue weighted by Gasteiger charge is 2.70. The smallest absolute Gasteiger partial charge is 0.306 e. The van der Waals surface area contributed by atoms with Crippen LogP contribution in [0.15, 0.2) is 11.6 Å². The number of ether oxygens (including phenoxy) is 1. The van der Waals surface area contributed by atoms with Gasteiger partial charge in [0.15, 0.2) is 5.60 Å². The van der Waals surface area contributed by atoms with Crippen LogP contribution in [0.5, 0.6) is 0 Å². The zero-order valence-electron chi connectivity index (χ0n) is 19.7. The SMILES string of the molecule is CCCCC(=O)OC1(C(=O)CO)CC[C@H]2[C@@H]3CC=C4CC(=O)CC[C@]4(C)[C@H]3[C@@H](O)C[C@@]21C. The molecule has 0 aromatic heterocycles. The predicted molar refractivity (Wildman–Crippen MR) is 119 cm³/mol. The van der Waals surface area contributed by atoms with Gasteiger partial charge in [-0.3, -0.25) is 14.4 Å². The number of allylic oxidation sites excluding steroid dienone is 2. The lowest BCUT2D eigenvalue weighted by molar-refractivity contribution is -0.201. The minimum absolute atomic E-state index is 0.0319. The minimum atomic E-state index is -1.38. The molecule has 0 heterocycles. The Balaban J connectivity index is 1.70. The highest BCUT2D eigenvalue weighted by Crippen LogP contribution is 2.67. The quantitative estimate of drug-likeness (QED) is 0.478. The van der Waals surface area contributed by atoms with Crippen LogP contribution in [-0.2, 0) is 19.1 Å². The van der Waals surface area contributed by atoms with E-state index in [1.165, 1.54) is 5.57 Å². The van der Waals surface area contributed by atoms with E-state index in [-0.39, 0.29) is 35.4 Å². The van der Waals surface area contributed by atoms with Gasteiger partial charge in [0.2, 0.25) is 5.78 Å². The maximum absolute atomic E-state index is 13.1. The topological polar surface area (TPSA) is 101 Å². The molecular formula is C26H38O6. The molecule has 0 bridgehead atoms. The Morgan fingerprint density at radius 2 is 2.00 bits per heavy atom. The van der Waals surface area contributed by atoms with Gasteiger partial charge in [-0.05, 0) is 61.7 Å². The summed E-state index contributed by atoms with van der Waals surface area (Å²) in [4.78, 5) is 37.9. The second-order valence-corrected chi connectivity index (χ2v) is 11.1. The van der Waals surface area contributed by atoms with E-state index in [4.69, 9.17) is 4.74 Å². The van der Waals surface area contributed by atoms with Crippen molar-refractivity contribution in [3.05, 3.63) is 11.6 Å². The third kappa shape index (κ3) is 3.32. The highest BCUT2D eigenvalue weighted by atomic mass is 16.6. The molecule has 0 amide bonds. The molecule has 0 aromatic rings. The van der Waals surface area contributed by atoms with Crippen molar-refractivity contribution in [2.45, 2.75) is 96.7 Å². The molecule has 4 rings (SSSR count). The number of fused-ring (bicyclic) bond motifs is 5.